The van der Waals surface area contributed by atoms with Gasteiger partial charge in [-0.25, -0.2) is 9.97 Å². The Morgan fingerprint density at radius 3 is 2.58 bits per heavy atom. The predicted molar refractivity (Wildman–Crippen MR) is 75.2 cm³/mol. The Hall–Kier alpha value is -1.85. The van der Waals surface area contributed by atoms with E-state index in [9.17, 15) is 4.79 Å². The number of nitrogens with one attached hydrogen (secondary N) is 3. The van der Waals surface area contributed by atoms with Gasteiger partial charge in [0.05, 0.1) is 0 Å². The van der Waals surface area contributed by atoms with Gasteiger partial charge in [0.15, 0.2) is 0 Å². The normalized spacial score (nSPS) is 14.0. The van der Waals surface area contributed by atoms with Gasteiger partial charge in [-0.1, -0.05) is 0 Å². The van der Waals surface area contributed by atoms with Gasteiger partial charge in [0.25, 0.3) is 0 Å². The van der Waals surface area contributed by atoms with Gasteiger partial charge in [-0.2, -0.15) is 0 Å². The number of anilines is 2. The average Bonchev–Trinajstić information content (AvgIpc) is 3.18. The summed E-state index contributed by atoms with van der Waals surface area (Å²) in [6.07, 6.45) is 2.08. The number of hydrogen-bond donors (Lipinski definition) is 3. The van der Waals surface area contributed by atoms with E-state index in [4.69, 9.17) is 0 Å². The maximum Gasteiger partial charge on any atom is 0.223 e. The van der Waals surface area contributed by atoms with E-state index >= 15 is 0 Å². The summed E-state index contributed by atoms with van der Waals surface area (Å²) >= 11 is 0. The summed E-state index contributed by atoms with van der Waals surface area (Å²) in [7, 11) is 0. The number of carbonyl (C=O) groups excluding carboxylic acids is 1. The fourth-order valence-corrected chi connectivity index (χ4v) is 1.80. The summed E-state index contributed by atoms with van der Waals surface area (Å²) in [6, 6.07) is 1.87. The minimum atomic E-state index is 0.175. The standard InChI is InChI=1S/C13H21N5O/c1-3-14-11-8-12(18-9(2)17-11)15-6-7-16-13(19)10-4-5-10/h8,10H,3-7H2,1-2H3,(H,16,19)(H2,14,15,17,18). The summed E-state index contributed by atoms with van der Waals surface area (Å²) in [5, 5.41) is 9.26. The molecule has 2 rings (SSSR count). The minimum absolute atomic E-state index is 0.175. The Bertz CT molecular complexity index is 445. The smallest absolute Gasteiger partial charge is 0.223 e. The van der Waals surface area contributed by atoms with Crippen LogP contribution in [-0.4, -0.2) is 35.5 Å². The molecule has 3 N–H and O–H groups in total. The molecule has 1 aliphatic carbocycles. The second-order valence-corrected chi connectivity index (χ2v) is 4.71. The molecule has 1 aliphatic rings. The Morgan fingerprint density at radius 2 is 1.95 bits per heavy atom. The monoisotopic (exact) mass is 263 g/mol. The first-order valence-corrected chi connectivity index (χ1v) is 6.80. The third kappa shape index (κ3) is 4.39. The van der Waals surface area contributed by atoms with Crippen molar-refractivity contribution in [3.8, 4) is 0 Å². The van der Waals surface area contributed by atoms with Crippen molar-refractivity contribution in [3.05, 3.63) is 11.9 Å². The van der Waals surface area contributed by atoms with Crippen molar-refractivity contribution in [2.45, 2.75) is 26.7 Å². The molecular weight excluding hydrogens is 242 g/mol. The average molecular weight is 263 g/mol. The van der Waals surface area contributed by atoms with E-state index in [0.717, 1.165) is 36.8 Å². The second kappa shape index (κ2) is 6.36. The van der Waals surface area contributed by atoms with E-state index in [2.05, 4.69) is 25.9 Å². The lowest BCUT2D eigenvalue weighted by molar-refractivity contribution is -0.122. The van der Waals surface area contributed by atoms with E-state index in [1.807, 2.05) is 19.9 Å². The van der Waals surface area contributed by atoms with Crippen LogP contribution in [0.2, 0.25) is 0 Å². The van der Waals surface area contributed by atoms with Gasteiger partial charge in [0.2, 0.25) is 5.91 Å². The molecule has 0 unspecified atom stereocenters. The molecule has 6 nitrogen and oxygen atoms in total. The zero-order valence-corrected chi connectivity index (χ0v) is 11.5. The molecule has 1 aromatic rings. The number of aryl methyl sites for hydroxylation is 1. The molecule has 0 saturated heterocycles. The lowest BCUT2D eigenvalue weighted by atomic mass is 10.4. The van der Waals surface area contributed by atoms with E-state index in [1.54, 1.807) is 0 Å². The third-order valence-corrected chi connectivity index (χ3v) is 2.87. The van der Waals surface area contributed by atoms with Crippen molar-refractivity contribution in [1.29, 1.82) is 0 Å². The lowest BCUT2D eigenvalue weighted by Crippen LogP contribution is -2.30. The van der Waals surface area contributed by atoms with Crippen molar-refractivity contribution < 1.29 is 4.79 Å². The van der Waals surface area contributed by atoms with E-state index < -0.39 is 0 Å². The highest BCUT2D eigenvalue weighted by Crippen LogP contribution is 2.28. The second-order valence-electron chi connectivity index (χ2n) is 4.71. The van der Waals surface area contributed by atoms with Crippen molar-refractivity contribution in [1.82, 2.24) is 15.3 Å². The van der Waals surface area contributed by atoms with Gasteiger partial charge in [-0.15, -0.1) is 0 Å². The molecule has 0 spiro atoms. The maximum absolute atomic E-state index is 11.4. The highest BCUT2D eigenvalue weighted by molar-refractivity contribution is 5.80. The van der Waals surface area contributed by atoms with Crippen LogP contribution in [0.1, 0.15) is 25.6 Å². The highest BCUT2D eigenvalue weighted by Gasteiger charge is 2.28. The van der Waals surface area contributed by atoms with Crippen LogP contribution in [0.3, 0.4) is 0 Å². The number of rotatable bonds is 7. The first-order valence-electron chi connectivity index (χ1n) is 6.80. The molecule has 1 heterocycles. The van der Waals surface area contributed by atoms with E-state index in [0.29, 0.717) is 13.1 Å². The molecule has 0 aromatic carbocycles. The highest BCUT2D eigenvalue weighted by atomic mass is 16.2. The maximum atomic E-state index is 11.4. The number of carbonyl (C=O) groups is 1. The molecule has 0 atom stereocenters. The van der Waals surface area contributed by atoms with Crippen LogP contribution in [0.5, 0.6) is 0 Å². The predicted octanol–water partition coefficient (Wildman–Crippen LogP) is 1.15. The number of hydrogen-bond acceptors (Lipinski definition) is 5. The van der Waals surface area contributed by atoms with Crippen LogP contribution in [0.15, 0.2) is 6.07 Å². The zero-order chi connectivity index (χ0) is 13.7. The molecular formula is C13H21N5O. The van der Waals surface area contributed by atoms with Crippen LogP contribution < -0.4 is 16.0 Å². The van der Waals surface area contributed by atoms with Gasteiger partial charge in [-0.3, -0.25) is 4.79 Å². The van der Waals surface area contributed by atoms with E-state index in [1.165, 1.54) is 0 Å². The molecule has 0 aliphatic heterocycles. The molecule has 0 bridgehead atoms. The summed E-state index contributed by atoms with van der Waals surface area (Å²) in [6.45, 7) is 6.00. The Labute approximate surface area is 113 Å². The first kappa shape index (κ1) is 13.6. The third-order valence-electron chi connectivity index (χ3n) is 2.87. The van der Waals surface area contributed by atoms with Crippen LogP contribution in [-0.2, 0) is 4.79 Å². The van der Waals surface area contributed by atoms with E-state index in [-0.39, 0.29) is 11.8 Å². The SMILES string of the molecule is CCNc1cc(NCCNC(=O)C2CC2)nc(C)n1. The quantitative estimate of drug-likeness (QED) is 0.643. The topological polar surface area (TPSA) is 78.9 Å². The fourth-order valence-electron chi connectivity index (χ4n) is 1.80. The minimum Gasteiger partial charge on any atom is -0.370 e. The molecule has 1 amide bonds. The number of amides is 1. The summed E-state index contributed by atoms with van der Waals surface area (Å²) in [4.78, 5) is 20.0. The van der Waals surface area contributed by atoms with Gasteiger partial charge < -0.3 is 16.0 Å². The van der Waals surface area contributed by atoms with Crippen LogP contribution in [0.4, 0.5) is 11.6 Å². The fraction of sp³-hybridized carbons (Fsp3) is 0.615. The summed E-state index contributed by atoms with van der Waals surface area (Å²) in [5.41, 5.74) is 0. The lowest BCUT2D eigenvalue weighted by Gasteiger charge is -2.09. The molecule has 1 aromatic heterocycles. The van der Waals surface area contributed by atoms with Gasteiger partial charge in [0.1, 0.15) is 17.5 Å². The van der Waals surface area contributed by atoms with Crippen LogP contribution >= 0.6 is 0 Å². The van der Waals surface area contributed by atoms with Gasteiger partial charge in [-0.05, 0) is 26.7 Å². The Kier molecular flexibility index (Phi) is 4.54. The van der Waals surface area contributed by atoms with Crippen LogP contribution in [0.25, 0.3) is 0 Å². The summed E-state index contributed by atoms with van der Waals surface area (Å²) in [5.74, 6) is 2.77. The van der Waals surface area contributed by atoms with Crippen molar-refractivity contribution in [2.24, 2.45) is 5.92 Å². The molecule has 6 heteroatoms. The van der Waals surface area contributed by atoms with Crippen molar-refractivity contribution in [2.75, 3.05) is 30.3 Å². The van der Waals surface area contributed by atoms with Crippen molar-refractivity contribution in [3.63, 3.8) is 0 Å². The molecule has 19 heavy (non-hydrogen) atoms. The number of nitrogens with zero attached hydrogens (tertiary/aromatic N) is 2. The zero-order valence-electron chi connectivity index (χ0n) is 11.5. The molecule has 1 fully saturated rings. The van der Waals surface area contributed by atoms with Crippen molar-refractivity contribution >= 4 is 17.5 Å². The molecule has 1 saturated carbocycles. The summed E-state index contributed by atoms with van der Waals surface area (Å²) < 4.78 is 0. The Balaban J connectivity index is 1.76. The van der Waals surface area contributed by atoms with Gasteiger partial charge >= 0.3 is 0 Å². The Morgan fingerprint density at radius 1 is 1.26 bits per heavy atom. The first-order chi connectivity index (χ1) is 9.19. The largest absolute Gasteiger partial charge is 0.370 e. The molecule has 104 valence electrons. The van der Waals surface area contributed by atoms with Crippen LogP contribution in [0, 0.1) is 12.8 Å². The van der Waals surface area contributed by atoms with Gasteiger partial charge in [0, 0.05) is 31.6 Å². The molecule has 0 radical (unpaired) electrons. The number of aromatic nitrogens is 2.